The maximum Gasteiger partial charge on any atom is 0.234 e. The monoisotopic (exact) mass is 396 g/mol. The van der Waals surface area contributed by atoms with Crippen molar-refractivity contribution in [1.82, 2.24) is 15.1 Å². The molecule has 0 saturated carbocycles. The van der Waals surface area contributed by atoms with Crippen molar-refractivity contribution in [3.05, 3.63) is 28.7 Å². The molecular weight excluding hydrogens is 372 g/mol. The molecule has 1 aromatic rings. The Bertz CT molecular complexity index is 559. The van der Waals surface area contributed by atoms with Crippen LogP contribution in [0.25, 0.3) is 0 Å². The average Bonchev–Trinajstić information content (AvgIpc) is 2.56. The first kappa shape index (κ1) is 18.9. The van der Waals surface area contributed by atoms with Crippen LogP contribution < -0.4 is 10.6 Å². The molecule has 1 aliphatic rings. The van der Waals surface area contributed by atoms with Gasteiger partial charge in [0.1, 0.15) is 0 Å². The van der Waals surface area contributed by atoms with Crippen molar-refractivity contribution >= 4 is 33.4 Å². The number of hydrogen-bond donors (Lipinski definition) is 2. The van der Waals surface area contributed by atoms with Crippen molar-refractivity contribution in [2.24, 2.45) is 0 Å². The Hall–Kier alpha value is -1.44. The molecule has 2 rings (SSSR count). The summed E-state index contributed by atoms with van der Waals surface area (Å²) in [7, 11) is 0. The lowest BCUT2D eigenvalue weighted by atomic mass is 10.2. The predicted molar refractivity (Wildman–Crippen MR) is 99.0 cm³/mol. The van der Waals surface area contributed by atoms with Crippen molar-refractivity contribution in [1.29, 1.82) is 0 Å². The Morgan fingerprint density at radius 2 is 1.75 bits per heavy atom. The van der Waals surface area contributed by atoms with Crippen molar-refractivity contribution in [3.8, 4) is 0 Å². The highest BCUT2D eigenvalue weighted by Crippen LogP contribution is 2.21. The summed E-state index contributed by atoms with van der Waals surface area (Å²) < 4.78 is 0.886. The Labute approximate surface area is 151 Å². The number of benzene rings is 1. The van der Waals surface area contributed by atoms with Crippen LogP contribution in [0.3, 0.4) is 0 Å². The average molecular weight is 397 g/mol. The van der Waals surface area contributed by atoms with Crippen LogP contribution in [0, 0.1) is 0 Å². The summed E-state index contributed by atoms with van der Waals surface area (Å²) in [4.78, 5) is 28.1. The van der Waals surface area contributed by atoms with Gasteiger partial charge < -0.3 is 15.5 Å². The van der Waals surface area contributed by atoms with E-state index in [0.29, 0.717) is 19.5 Å². The summed E-state index contributed by atoms with van der Waals surface area (Å²) >= 11 is 3.43. The van der Waals surface area contributed by atoms with Crippen molar-refractivity contribution in [3.63, 3.8) is 0 Å². The molecule has 1 aromatic carbocycles. The molecule has 0 aliphatic carbocycles. The fraction of sp³-hybridized carbons (Fsp3) is 0.529. The van der Waals surface area contributed by atoms with E-state index < -0.39 is 0 Å². The molecule has 2 amide bonds. The molecule has 132 valence electrons. The van der Waals surface area contributed by atoms with Crippen LogP contribution >= 0.6 is 15.9 Å². The van der Waals surface area contributed by atoms with Crippen LogP contribution in [0.15, 0.2) is 28.7 Å². The second-order valence-electron chi connectivity index (χ2n) is 5.85. The third kappa shape index (κ3) is 6.22. The molecular formula is C17H25BrN4O2. The highest BCUT2D eigenvalue weighted by Gasteiger charge is 2.19. The number of anilines is 1. The minimum atomic E-state index is 0.0200. The molecule has 0 radical (unpaired) electrons. The normalized spacial score (nSPS) is 15.9. The van der Waals surface area contributed by atoms with E-state index in [1.54, 1.807) is 0 Å². The van der Waals surface area contributed by atoms with E-state index in [1.165, 1.54) is 0 Å². The Morgan fingerprint density at radius 3 is 2.42 bits per heavy atom. The van der Waals surface area contributed by atoms with Gasteiger partial charge in [0.2, 0.25) is 11.8 Å². The molecule has 0 atom stereocenters. The SMILES string of the molecule is CCNC(=O)CN1CCN(CCC(=O)Nc2ccccc2Br)CC1. The van der Waals surface area contributed by atoms with E-state index >= 15 is 0 Å². The van der Waals surface area contributed by atoms with Gasteiger partial charge in [-0.3, -0.25) is 14.5 Å². The van der Waals surface area contributed by atoms with Crippen LogP contribution in [0.1, 0.15) is 13.3 Å². The molecule has 0 aromatic heterocycles. The van der Waals surface area contributed by atoms with E-state index in [4.69, 9.17) is 0 Å². The maximum atomic E-state index is 12.1. The van der Waals surface area contributed by atoms with Crippen molar-refractivity contribution in [2.75, 3.05) is 51.1 Å². The molecule has 24 heavy (non-hydrogen) atoms. The lowest BCUT2D eigenvalue weighted by Crippen LogP contribution is -2.49. The Kier molecular flexibility index (Phi) is 7.68. The summed E-state index contributed by atoms with van der Waals surface area (Å²) in [5.74, 6) is 0.102. The largest absolute Gasteiger partial charge is 0.355 e. The standard InChI is InChI=1S/C17H25BrN4O2/c1-2-19-17(24)13-22-11-9-21(10-12-22)8-7-16(23)20-15-6-4-3-5-14(15)18/h3-6H,2,7-13H2,1H3,(H,19,24)(H,20,23). The fourth-order valence-electron chi connectivity index (χ4n) is 2.66. The molecule has 1 fully saturated rings. The minimum Gasteiger partial charge on any atom is -0.355 e. The number of likely N-dealkylation sites (N-methyl/N-ethyl adjacent to an activating group) is 1. The Morgan fingerprint density at radius 1 is 1.08 bits per heavy atom. The van der Waals surface area contributed by atoms with Gasteiger partial charge in [-0.15, -0.1) is 0 Å². The Balaban J connectivity index is 1.66. The zero-order valence-electron chi connectivity index (χ0n) is 14.1. The lowest BCUT2D eigenvalue weighted by Gasteiger charge is -2.34. The van der Waals surface area contributed by atoms with Gasteiger partial charge >= 0.3 is 0 Å². The second-order valence-corrected chi connectivity index (χ2v) is 6.70. The number of carbonyl (C=O) groups is 2. The first-order chi connectivity index (χ1) is 11.6. The topological polar surface area (TPSA) is 64.7 Å². The lowest BCUT2D eigenvalue weighted by molar-refractivity contribution is -0.122. The van der Waals surface area contributed by atoms with Gasteiger partial charge in [0.25, 0.3) is 0 Å². The van der Waals surface area contributed by atoms with Gasteiger partial charge in [-0.25, -0.2) is 0 Å². The zero-order valence-corrected chi connectivity index (χ0v) is 15.6. The molecule has 0 spiro atoms. The summed E-state index contributed by atoms with van der Waals surface area (Å²) in [5.41, 5.74) is 0.800. The van der Waals surface area contributed by atoms with Crippen LogP contribution in [0.4, 0.5) is 5.69 Å². The van der Waals surface area contributed by atoms with Crippen LogP contribution in [-0.4, -0.2) is 67.4 Å². The van der Waals surface area contributed by atoms with E-state index in [-0.39, 0.29) is 11.8 Å². The summed E-state index contributed by atoms with van der Waals surface area (Å²) in [5, 5.41) is 5.74. The number of hydrogen-bond acceptors (Lipinski definition) is 4. The maximum absolute atomic E-state index is 12.1. The van der Waals surface area contributed by atoms with Gasteiger partial charge in [-0.05, 0) is 35.0 Å². The number of nitrogens with one attached hydrogen (secondary N) is 2. The third-order valence-corrected chi connectivity index (χ3v) is 4.70. The minimum absolute atomic E-state index is 0.0200. The molecule has 1 aliphatic heterocycles. The first-order valence-electron chi connectivity index (χ1n) is 8.34. The molecule has 7 heteroatoms. The molecule has 1 heterocycles. The number of carbonyl (C=O) groups excluding carboxylic acids is 2. The van der Waals surface area contributed by atoms with Gasteiger partial charge in [-0.2, -0.15) is 0 Å². The molecule has 1 saturated heterocycles. The number of amides is 2. The van der Waals surface area contributed by atoms with Gasteiger partial charge in [0.05, 0.1) is 12.2 Å². The van der Waals surface area contributed by atoms with Gasteiger partial charge in [0, 0.05) is 50.2 Å². The number of nitrogens with zero attached hydrogens (tertiary/aromatic N) is 2. The third-order valence-electron chi connectivity index (χ3n) is 4.01. The molecule has 0 unspecified atom stereocenters. The van der Waals surface area contributed by atoms with Crippen LogP contribution in [-0.2, 0) is 9.59 Å². The molecule has 6 nitrogen and oxygen atoms in total. The van der Waals surface area contributed by atoms with E-state index in [1.807, 2.05) is 31.2 Å². The summed E-state index contributed by atoms with van der Waals surface area (Å²) in [6.45, 7) is 7.31. The first-order valence-corrected chi connectivity index (χ1v) is 9.13. The number of halogens is 1. The highest BCUT2D eigenvalue weighted by molar-refractivity contribution is 9.10. The predicted octanol–water partition coefficient (Wildman–Crippen LogP) is 1.53. The number of piperazine rings is 1. The van der Waals surface area contributed by atoms with Crippen LogP contribution in [0.2, 0.25) is 0 Å². The summed E-state index contributed by atoms with van der Waals surface area (Å²) in [6.07, 6.45) is 0.470. The zero-order chi connectivity index (χ0) is 17.4. The highest BCUT2D eigenvalue weighted by atomic mass is 79.9. The molecule has 0 bridgehead atoms. The molecule has 2 N–H and O–H groups in total. The smallest absolute Gasteiger partial charge is 0.234 e. The van der Waals surface area contributed by atoms with Gasteiger partial charge in [-0.1, -0.05) is 12.1 Å². The summed E-state index contributed by atoms with van der Waals surface area (Å²) in [6, 6.07) is 7.60. The number of para-hydroxylation sites is 1. The van der Waals surface area contributed by atoms with E-state index in [0.717, 1.165) is 42.9 Å². The quantitative estimate of drug-likeness (QED) is 0.733. The second kappa shape index (κ2) is 9.76. The van der Waals surface area contributed by atoms with Crippen molar-refractivity contribution < 1.29 is 9.59 Å². The van der Waals surface area contributed by atoms with Crippen molar-refractivity contribution in [2.45, 2.75) is 13.3 Å². The van der Waals surface area contributed by atoms with Crippen LogP contribution in [0.5, 0.6) is 0 Å². The van der Waals surface area contributed by atoms with E-state index in [2.05, 4.69) is 36.4 Å². The fourth-order valence-corrected chi connectivity index (χ4v) is 3.05. The number of rotatable bonds is 7. The van der Waals surface area contributed by atoms with E-state index in [9.17, 15) is 9.59 Å². The van der Waals surface area contributed by atoms with Gasteiger partial charge in [0.15, 0.2) is 0 Å².